The zero-order valence-electron chi connectivity index (χ0n) is 14.4. The molecule has 1 N–H and O–H groups in total. The van der Waals surface area contributed by atoms with Crippen LogP contribution in [0.2, 0.25) is 0 Å². The predicted octanol–water partition coefficient (Wildman–Crippen LogP) is 1.65. The van der Waals surface area contributed by atoms with Crippen molar-refractivity contribution in [2.75, 3.05) is 31.1 Å². The molecule has 7 heteroatoms. The maximum atomic E-state index is 12.4. The Bertz CT molecular complexity index is 704. The Morgan fingerprint density at radius 1 is 1.16 bits per heavy atom. The van der Waals surface area contributed by atoms with E-state index in [1.807, 2.05) is 17.3 Å². The maximum absolute atomic E-state index is 12.4. The number of aromatic amines is 1. The average molecular weight is 340 g/mol. The van der Waals surface area contributed by atoms with Crippen molar-refractivity contribution in [3.05, 3.63) is 36.8 Å². The number of carbonyl (C=O) groups excluding carboxylic acids is 1. The molecule has 1 atom stereocenters. The first-order chi connectivity index (χ1) is 12.2. The van der Waals surface area contributed by atoms with E-state index in [-0.39, 0.29) is 11.3 Å². The van der Waals surface area contributed by atoms with Gasteiger partial charge in [0.1, 0.15) is 5.82 Å². The molecule has 2 aliphatic rings. The molecule has 0 unspecified atom stereocenters. The molecule has 4 heterocycles. The van der Waals surface area contributed by atoms with Crippen LogP contribution in [0.4, 0.5) is 5.82 Å². The number of likely N-dealkylation sites (tertiary alicyclic amines) is 1. The third-order valence-electron chi connectivity index (χ3n) is 5.49. The molecule has 2 fully saturated rings. The fraction of sp³-hybridized carbons (Fsp3) is 0.556. The first-order valence-electron chi connectivity index (χ1n) is 9.00. The van der Waals surface area contributed by atoms with Gasteiger partial charge in [0, 0.05) is 68.7 Å². The van der Waals surface area contributed by atoms with Crippen LogP contribution in [0.25, 0.3) is 0 Å². The van der Waals surface area contributed by atoms with E-state index in [9.17, 15) is 4.79 Å². The van der Waals surface area contributed by atoms with Crippen molar-refractivity contribution < 1.29 is 4.79 Å². The molecule has 0 aliphatic carbocycles. The van der Waals surface area contributed by atoms with Crippen molar-refractivity contribution in [3.8, 4) is 0 Å². The summed E-state index contributed by atoms with van der Waals surface area (Å²) < 4.78 is 0. The molecule has 2 aliphatic heterocycles. The Balaban J connectivity index is 1.44. The fourth-order valence-corrected chi connectivity index (χ4v) is 4.17. The number of imidazole rings is 1. The Morgan fingerprint density at radius 3 is 2.92 bits per heavy atom. The van der Waals surface area contributed by atoms with Crippen LogP contribution in [-0.2, 0) is 11.2 Å². The van der Waals surface area contributed by atoms with Crippen LogP contribution in [0, 0.1) is 5.41 Å². The van der Waals surface area contributed by atoms with Gasteiger partial charge >= 0.3 is 0 Å². The third kappa shape index (κ3) is 3.50. The second-order valence-electron chi connectivity index (χ2n) is 7.23. The van der Waals surface area contributed by atoms with Crippen LogP contribution in [0.15, 0.2) is 31.1 Å². The summed E-state index contributed by atoms with van der Waals surface area (Å²) in [6, 6.07) is 0. The van der Waals surface area contributed by atoms with Gasteiger partial charge in [-0.25, -0.2) is 9.97 Å². The number of rotatable bonds is 4. The lowest BCUT2D eigenvalue weighted by Crippen LogP contribution is -2.54. The number of hydrogen-bond donors (Lipinski definition) is 1. The lowest BCUT2D eigenvalue weighted by Gasteiger charge is -2.48. The van der Waals surface area contributed by atoms with Crippen LogP contribution in [0.3, 0.4) is 0 Å². The van der Waals surface area contributed by atoms with E-state index in [0.717, 1.165) is 57.0 Å². The van der Waals surface area contributed by atoms with E-state index >= 15 is 0 Å². The van der Waals surface area contributed by atoms with Crippen molar-refractivity contribution in [1.29, 1.82) is 0 Å². The first kappa shape index (κ1) is 16.1. The molecule has 132 valence electrons. The topological polar surface area (TPSA) is 78.0 Å². The zero-order valence-corrected chi connectivity index (χ0v) is 14.4. The number of aromatic nitrogens is 4. The van der Waals surface area contributed by atoms with Gasteiger partial charge in [-0.2, -0.15) is 0 Å². The van der Waals surface area contributed by atoms with Gasteiger partial charge in [-0.05, 0) is 19.3 Å². The van der Waals surface area contributed by atoms with Gasteiger partial charge in [0.15, 0.2) is 0 Å². The number of carbonyl (C=O) groups is 1. The monoisotopic (exact) mass is 340 g/mol. The quantitative estimate of drug-likeness (QED) is 0.916. The molecule has 1 spiro atoms. The lowest BCUT2D eigenvalue weighted by molar-refractivity contribution is -0.137. The molecule has 0 radical (unpaired) electrons. The number of anilines is 1. The second kappa shape index (κ2) is 6.82. The number of amides is 1. The second-order valence-corrected chi connectivity index (χ2v) is 7.23. The number of piperidine rings is 2. The highest BCUT2D eigenvalue weighted by atomic mass is 16.2. The smallest absolute Gasteiger partial charge is 0.222 e. The summed E-state index contributed by atoms with van der Waals surface area (Å²) in [7, 11) is 0. The van der Waals surface area contributed by atoms with Gasteiger partial charge in [-0.1, -0.05) is 0 Å². The summed E-state index contributed by atoms with van der Waals surface area (Å²) in [4.78, 5) is 32.6. The molecule has 2 saturated heterocycles. The summed E-state index contributed by atoms with van der Waals surface area (Å²) >= 11 is 0. The van der Waals surface area contributed by atoms with Crippen LogP contribution >= 0.6 is 0 Å². The van der Waals surface area contributed by atoms with E-state index in [1.165, 1.54) is 6.42 Å². The zero-order chi connectivity index (χ0) is 17.1. The van der Waals surface area contributed by atoms with Crippen molar-refractivity contribution in [3.63, 3.8) is 0 Å². The highest BCUT2D eigenvalue weighted by Crippen LogP contribution is 2.39. The van der Waals surface area contributed by atoms with Gasteiger partial charge in [0.25, 0.3) is 0 Å². The van der Waals surface area contributed by atoms with Gasteiger partial charge in [0.2, 0.25) is 5.91 Å². The fourth-order valence-electron chi connectivity index (χ4n) is 4.17. The minimum Gasteiger partial charge on any atom is -0.355 e. The van der Waals surface area contributed by atoms with E-state index in [1.54, 1.807) is 18.7 Å². The van der Waals surface area contributed by atoms with Gasteiger partial charge < -0.3 is 14.8 Å². The predicted molar refractivity (Wildman–Crippen MR) is 94.0 cm³/mol. The van der Waals surface area contributed by atoms with Crippen molar-refractivity contribution in [2.24, 2.45) is 5.41 Å². The van der Waals surface area contributed by atoms with Gasteiger partial charge in [0.05, 0.1) is 12.5 Å². The molecule has 25 heavy (non-hydrogen) atoms. The van der Waals surface area contributed by atoms with Crippen LogP contribution in [0.1, 0.15) is 31.4 Å². The molecule has 7 nitrogen and oxygen atoms in total. The summed E-state index contributed by atoms with van der Waals surface area (Å²) in [5, 5.41) is 0. The highest BCUT2D eigenvalue weighted by molar-refractivity contribution is 5.77. The number of hydrogen-bond acceptors (Lipinski definition) is 5. The Hall–Kier alpha value is -2.44. The van der Waals surface area contributed by atoms with E-state index < -0.39 is 0 Å². The van der Waals surface area contributed by atoms with Crippen molar-refractivity contribution in [2.45, 2.75) is 32.1 Å². The summed E-state index contributed by atoms with van der Waals surface area (Å²) in [5.74, 6) is 1.23. The molecule has 1 amide bonds. The molecular weight excluding hydrogens is 316 g/mol. The third-order valence-corrected chi connectivity index (χ3v) is 5.49. The number of nitrogens with one attached hydrogen (secondary N) is 1. The molecular formula is C18H24N6O. The Morgan fingerprint density at radius 2 is 2.12 bits per heavy atom. The highest BCUT2D eigenvalue weighted by Gasteiger charge is 2.41. The van der Waals surface area contributed by atoms with Crippen LogP contribution in [-0.4, -0.2) is 56.9 Å². The van der Waals surface area contributed by atoms with Crippen molar-refractivity contribution in [1.82, 2.24) is 24.8 Å². The molecule has 2 aromatic rings. The summed E-state index contributed by atoms with van der Waals surface area (Å²) in [6.07, 6.45) is 13.6. The standard InChI is InChI=1S/C18H24N6O/c25-17-2-5-18(13-24(17)9-3-15-10-20-14-22-15)4-1-8-23(12-18)16-11-19-6-7-21-16/h6-7,10-11,14H,1-5,8-9,12-13H2,(H,20,22)/t18-/m1/s1. The molecule has 2 aromatic heterocycles. The Labute approximate surface area is 147 Å². The van der Waals surface area contributed by atoms with E-state index in [4.69, 9.17) is 0 Å². The normalized spacial score (nSPS) is 24.1. The number of H-pyrrole nitrogens is 1. The van der Waals surface area contributed by atoms with Crippen molar-refractivity contribution >= 4 is 11.7 Å². The Kier molecular flexibility index (Phi) is 4.38. The average Bonchev–Trinajstić information content (AvgIpc) is 3.17. The summed E-state index contributed by atoms with van der Waals surface area (Å²) in [5.41, 5.74) is 1.26. The van der Waals surface area contributed by atoms with Crippen LogP contribution in [0.5, 0.6) is 0 Å². The summed E-state index contributed by atoms with van der Waals surface area (Å²) in [6.45, 7) is 3.58. The van der Waals surface area contributed by atoms with Gasteiger partial charge in [-0.3, -0.25) is 9.78 Å². The maximum Gasteiger partial charge on any atom is 0.222 e. The van der Waals surface area contributed by atoms with E-state index in [0.29, 0.717) is 6.42 Å². The van der Waals surface area contributed by atoms with Crippen LogP contribution < -0.4 is 4.90 Å². The molecule has 0 aromatic carbocycles. The largest absolute Gasteiger partial charge is 0.355 e. The molecule has 4 rings (SSSR count). The minimum absolute atomic E-state index is 0.178. The van der Waals surface area contributed by atoms with Gasteiger partial charge in [-0.15, -0.1) is 0 Å². The SMILES string of the molecule is O=C1CC[C@@]2(CCCN(c3cnccn3)C2)CN1CCc1cnc[nH]1. The molecule has 0 saturated carbocycles. The lowest BCUT2D eigenvalue weighted by atomic mass is 9.73. The molecule has 0 bridgehead atoms. The first-order valence-corrected chi connectivity index (χ1v) is 9.00. The number of nitrogens with zero attached hydrogens (tertiary/aromatic N) is 5. The minimum atomic E-state index is 0.178. The van der Waals surface area contributed by atoms with E-state index in [2.05, 4.69) is 24.8 Å².